The fourth-order valence-electron chi connectivity index (χ4n) is 6.25. The standard InChI is InChI=1S/C29H35F5N4O6/c1-13(2)22(37-27(43)29(32,33)34)26(42)38-11-16-21(28(16,3)4)23(38)25(41)36-18(9-14-7-8-35-24(14)40)19(39)12-44-20-6-5-15(30)10-17(20)31/h5-6,10,13-14,16,18,21-23H,7-9,11-12H2,1-4H3,(H,35,40)(H,36,41)(H,37,43)/t14-,16-,18-,21-,22-,23-/m0/s1. The van der Waals surface area contributed by atoms with E-state index in [2.05, 4.69) is 10.6 Å². The summed E-state index contributed by atoms with van der Waals surface area (Å²) < 4.78 is 71.6. The Balaban J connectivity index is 1.55. The number of piperidine rings is 1. The number of likely N-dealkylation sites (tertiary alicyclic amines) is 1. The van der Waals surface area contributed by atoms with Crippen molar-refractivity contribution in [1.29, 1.82) is 0 Å². The Morgan fingerprint density at radius 3 is 2.39 bits per heavy atom. The maximum atomic E-state index is 14.1. The number of hydrogen-bond acceptors (Lipinski definition) is 6. The fourth-order valence-corrected chi connectivity index (χ4v) is 6.25. The molecular formula is C29H35F5N4O6. The second kappa shape index (κ2) is 12.3. The Morgan fingerprint density at radius 1 is 1.14 bits per heavy atom. The monoisotopic (exact) mass is 630 g/mol. The van der Waals surface area contributed by atoms with E-state index in [0.29, 0.717) is 19.0 Å². The summed E-state index contributed by atoms with van der Waals surface area (Å²) in [4.78, 5) is 65.8. The number of rotatable bonds is 11. The summed E-state index contributed by atoms with van der Waals surface area (Å²) >= 11 is 0. The van der Waals surface area contributed by atoms with Crippen molar-refractivity contribution in [1.82, 2.24) is 20.9 Å². The maximum absolute atomic E-state index is 14.1. The molecule has 0 aromatic heterocycles. The summed E-state index contributed by atoms with van der Waals surface area (Å²) in [5, 5.41) is 7.00. The predicted molar refractivity (Wildman–Crippen MR) is 144 cm³/mol. The van der Waals surface area contributed by atoms with Crippen molar-refractivity contribution in [2.75, 3.05) is 19.7 Å². The van der Waals surface area contributed by atoms with Crippen LogP contribution in [0.2, 0.25) is 0 Å². The molecule has 0 radical (unpaired) electrons. The molecule has 3 aliphatic rings. The average molecular weight is 631 g/mol. The minimum atomic E-state index is -5.22. The van der Waals surface area contributed by atoms with Gasteiger partial charge in [-0.1, -0.05) is 27.7 Å². The van der Waals surface area contributed by atoms with Gasteiger partial charge >= 0.3 is 12.1 Å². The van der Waals surface area contributed by atoms with Gasteiger partial charge in [-0.2, -0.15) is 13.2 Å². The minimum Gasteiger partial charge on any atom is -0.483 e. The van der Waals surface area contributed by atoms with E-state index in [0.717, 1.165) is 17.0 Å². The highest BCUT2D eigenvalue weighted by atomic mass is 19.4. The number of Topliss-reactive ketones (excluding diaryl/α,β-unsaturated/α-hetero) is 1. The summed E-state index contributed by atoms with van der Waals surface area (Å²) in [6.45, 7) is 6.36. The minimum absolute atomic E-state index is 0.0519. The molecule has 1 saturated carbocycles. The average Bonchev–Trinajstić information content (AvgIpc) is 3.26. The molecule has 2 aliphatic heterocycles. The van der Waals surface area contributed by atoms with E-state index in [1.807, 2.05) is 13.8 Å². The van der Waals surface area contributed by atoms with Crippen LogP contribution in [0.25, 0.3) is 0 Å². The first-order valence-electron chi connectivity index (χ1n) is 14.3. The van der Waals surface area contributed by atoms with Gasteiger partial charge in [-0.3, -0.25) is 24.0 Å². The maximum Gasteiger partial charge on any atom is 0.471 e. The molecule has 3 fully saturated rings. The van der Waals surface area contributed by atoms with Crippen molar-refractivity contribution in [2.24, 2.45) is 29.1 Å². The number of hydrogen-bond donors (Lipinski definition) is 3. The van der Waals surface area contributed by atoms with Crippen LogP contribution in [0.4, 0.5) is 22.0 Å². The lowest BCUT2D eigenvalue weighted by molar-refractivity contribution is -0.175. The van der Waals surface area contributed by atoms with E-state index in [1.54, 1.807) is 5.32 Å². The number of nitrogens with one attached hydrogen (secondary N) is 3. The number of amides is 4. The molecule has 15 heteroatoms. The number of fused-ring (bicyclic) bond motifs is 1. The van der Waals surface area contributed by atoms with Crippen molar-refractivity contribution in [3.8, 4) is 5.75 Å². The highest BCUT2D eigenvalue weighted by Gasteiger charge is 2.69. The van der Waals surface area contributed by atoms with Gasteiger partial charge in [0.2, 0.25) is 17.7 Å². The number of benzene rings is 1. The summed E-state index contributed by atoms with van der Waals surface area (Å²) in [6.07, 6.45) is -4.97. The highest BCUT2D eigenvalue weighted by Crippen LogP contribution is 2.65. The van der Waals surface area contributed by atoms with E-state index in [-0.39, 0.29) is 30.7 Å². The lowest BCUT2D eigenvalue weighted by Crippen LogP contribution is -2.59. The van der Waals surface area contributed by atoms with Crippen LogP contribution in [0, 0.1) is 40.7 Å². The van der Waals surface area contributed by atoms with Gasteiger partial charge in [0, 0.05) is 25.1 Å². The normalized spacial score (nSPS) is 25.1. The van der Waals surface area contributed by atoms with Gasteiger partial charge in [0.15, 0.2) is 17.3 Å². The summed E-state index contributed by atoms with van der Waals surface area (Å²) in [6, 6.07) is -1.54. The molecule has 2 saturated heterocycles. The van der Waals surface area contributed by atoms with Crippen LogP contribution < -0.4 is 20.7 Å². The molecule has 1 aromatic carbocycles. The zero-order chi connectivity index (χ0) is 32.7. The topological polar surface area (TPSA) is 134 Å². The van der Waals surface area contributed by atoms with Crippen LogP contribution in [0.15, 0.2) is 18.2 Å². The number of halogens is 5. The first-order valence-corrected chi connectivity index (χ1v) is 14.3. The molecule has 0 bridgehead atoms. The number of carbonyl (C=O) groups is 5. The highest BCUT2D eigenvalue weighted by molar-refractivity contribution is 5.97. The second-order valence-corrected chi connectivity index (χ2v) is 12.5. The number of carbonyl (C=O) groups excluding carboxylic acids is 5. The van der Waals surface area contributed by atoms with Crippen LogP contribution in [0.3, 0.4) is 0 Å². The molecule has 0 spiro atoms. The molecule has 44 heavy (non-hydrogen) atoms. The predicted octanol–water partition coefficient (Wildman–Crippen LogP) is 2.11. The van der Waals surface area contributed by atoms with Crippen LogP contribution in [-0.4, -0.2) is 78.3 Å². The van der Waals surface area contributed by atoms with Crippen LogP contribution in [0.1, 0.15) is 40.5 Å². The van der Waals surface area contributed by atoms with Gasteiger partial charge in [0.05, 0.1) is 6.04 Å². The van der Waals surface area contributed by atoms with E-state index in [9.17, 15) is 45.9 Å². The molecule has 0 unspecified atom stereocenters. The third-order valence-electron chi connectivity index (χ3n) is 8.89. The molecule has 3 N–H and O–H groups in total. The van der Waals surface area contributed by atoms with E-state index in [1.165, 1.54) is 13.8 Å². The van der Waals surface area contributed by atoms with Crippen molar-refractivity contribution < 1.29 is 50.7 Å². The smallest absolute Gasteiger partial charge is 0.471 e. The summed E-state index contributed by atoms with van der Waals surface area (Å²) in [5.41, 5.74) is -0.393. The quantitative estimate of drug-likeness (QED) is 0.321. The number of alkyl halides is 3. The van der Waals surface area contributed by atoms with Crippen LogP contribution in [0.5, 0.6) is 5.75 Å². The van der Waals surface area contributed by atoms with Gasteiger partial charge in [0.1, 0.15) is 24.5 Å². The van der Waals surface area contributed by atoms with Gasteiger partial charge in [-0.05, 0) is 48.1 Å². The van der Waals surface area contributed by atoms with Crippen molar-refractivity contribution >= 4 is 29.4 Å². The Labute approximate surface area is 250 Å². The molecule has 242 valence electrons. The molecule has 6 atom stereocenters. The van der Waals surface area contributed by atoms with Crippen LogP contribution >= 0.6 is 0 Å². The summed E-state index contributed by atoms with van der Waals surface area (Å²) in [7, 11) is 0. The molecule has 4 amide bonds. The van der Waals surface area contributed by atoms with Gasteiger partial charge in [-0.15, -0.1) is 0 Å². The van der Waals surface area contributed by atoms with Crippen molar-refractivity contribution in [2.45, 2.75) is 64.8 Å². The molecule has 1 aliphatic carbocycles. The summed E-state index contributed by atoms with van der Waals surface area (Å²) in [5.74, 6) is -9.19. The van der Waals surface area contributed by atoms with Gasteiger partial charge in [0.25, 0.3) is 0 Å². The van der Waals surface area contributed by atoms with Crippen LogP contribution in [-0.2, 0) is 24.0 Å². The Hall–Kier alpha value is -3.78. The Bertz CT molecular complexity index is 1340. The third-order valence-corrected chi connectivity index (χ3v) is 8.89. The number of ketones is 1. The Kier molecular flexibility index (Phi) is 9.27. The van der Waals surface area contributed by atoms with E-state index < -0.39 is 89.0 Å². The molecule has 10 nitrogen and oxygen atoms in total. The Morgan fingerprint density at radius 2 is 1.82 bits per heavy atom. The lowest BCUT2D eigenvalue weighted by Gasteiger charge is -2.35. The SMILES string of the molecule is CC(C)[C@H](NC(=O)C(F)(F)F)C(=O)N1C[C@H]2[C@@H]([C@H]1C(=O)N[C@@H](C[C@@H]1CCNC1=O)C(=O)COc1ccc(F)cc1F)C2(C)C. The number of ether oxygens (including phenoxy) is 1. The third kappa shape index (κ3) is 6.80. The van der Waals surface area contributed by atoms with E-state index in [4.69, 9.17) is 4.74 Å². The molecule has 4 rings (SSSR count). The van der Waals surface area contributed by atoms with Crippen molar-refractivity contribution in [3.05, 3.63) is 29.8 Å². The zero-order valence-electron chi connectivity index (χ0n) is 24.6. The second-order valence-electron chi connectivity index (χ2n) is 12.5. The zero-order valence-corrected chi connectivity index (χ0v) is 24.6. The largest absolute Gasteiger partial charge is 0.483 e. The lowest BCUT2D eigenvalue weighted by atomic mass is 9.94. The first kappa shape index (κ1) is 33.1. The van der Waals surface area contributed by atoms with Gasteiger partial charge in [-0.25, -0.2) is 8.78 Å². The number of nitrogens with zero attached hydrogens (tertiary/aromatic N) is 1. The fraction of sp³-hybridized carbons (Fsp3) is 0.621. The molecule has 2 heterocycles. The van der Waals surface area contributed by atoms with Crippen molar-refractivity contribution in [3.63, 3.8) is 0 Å². The first-order chi connectivity index (χ1) is 20.4. The molecular weight excluding hydrogens is 595 g/mol. The van der Waals surface area contributed by atoms with Gasteiger partial charge < -0.3 is 25.6 Å². The molecule has 1 aromatic rings. The van der Waals surface area contributed by atoms with E-state index >= 15 is 0 Å².